The molecule has 0 saturated heterocycles. The number of nitrogens with zero attached hydrogens (tertiary/aromatic N) is 3. The van der Waals surface area contributed by atoms with E-state index in [2.05, 4.69) is 15.2 Å². The Bertz CT molecular complexity index is 1100. The SMILES string of the molecule is COc1ccccc1-n1c(-c2sc3ncccc3c2N)n[nH]c1=S. The molecule has 0 aliphatic carbocycles. The van der Waals surface area contributed by atoms with Gasteiger partial charge in [-0.05, 0) is 36.5 Å². The number of nitrogen functional groups attached to an aromatic ring is 1. The predicted molar refractivity (Wildman–Crippen MR) is 98.3 cm³/mol. The molecule has 4 aromatic rings. The topological polar surface area (TPSA) is 81.8 Å². The van der Waals surface area contributed by atoms with Gasteiger partial charge in [-0.3, -0.25) is 9.67 Å². The number of nitrogens with two attached hydrogens (primary N) is 1. The Morgan fingerprint density at radius 2 is 2.08 bits per heavy atom. The van der Waals surface area contributed by atoms with E-state index in [9.17, 15) is 0 Å². The second-order valence-electron chi connectivity index (χ2n) is 5.06. The third-order valence-electron chi connectivity index (χ3n) is 3.71. The van der Waals surface area contributed by atoms with Gasteiger partial charge in [-0.2, -0.15) is 5.10 Å². The highest BCUT2D eigenvalue weighted by Crippen LogP contribution is 2.40. The van der Waals surface area contributed by atoms with Gasteiger partial charge in [0.25, 0.3) is 0 Å². The number of hydrogen-bond donors (Lipinski definition) is 2. The summed E-state index contributed by atoms with van der Waals surface area (Å²) < 4.78 is 7.76. The average Bonchev–Trinajstić information content (AvgIpc) is 3.15. The zero-order valence-electron chi connectivity index (χ0n) is 12.7. The molecular formula is C16H13N5OS2. The fraction of sp³-hybridized carbons (Fsp3) is 0.0625. The van der Waals surface area contributed by atoms with E-state index in [4.69, 9.17) is 22.7 Å². The highest BCUT2D eigenvalue weighted by molar-refractivity contribution is 7.71. The fourth-order valence-corrected chi connectivity index (χ4v) is 3.88. The van der Waals surface area contributed by atoms with Gasteiger partial charge in [-0.25, -0.2) is 4.98 Å². The smallest absolute Gasteiger partial charge is 0.200 e. The van der Waals surface area contributed by atoms with Gasteiger partial charge in [0.1, 0.15) is 10.6 Å². The largest absolute Gasteiger partial charge is 0.495 e. The lowest BCUT2D eigenvalue weighted by Crippen LogP contribution is -2.01. The molecule has 24 heavy (non-hydrogen) atoms. The van der Waals surface area contributed by atoms with Crippen molar-refractivity contribution in [2.45, 2.75) is 0 Å². The molecule has 1 aromatic carbocycles. The Morgan fingerprint density at radius 3 is 2.88 bits per heavy atom. The number of rotatable bonds is 3. The molecule has 0 aliphatic rings. The van der Waals surface area contributed by atoms with Crippen LogP contribution in [0.2, 0.25) is 0 Å². The number of H-pyrrole nitrogens is 1. The number of nitrogens with one attached hydrogen (secondary N) is 1. The van der Waals surface area contributed by atoms with Crippen molar-refractivity contribution in [3.8, 4) is 22.1 Å². The van der Waals surface area contributed by atoms with Crippen molar-refractivity contribution in [3.05, 3.63) is 47.4 Å². The number of fused-ring (bicyclic) bond motifs is 1. The number of benzene rings is 1. The van der Waals surface area contributed by atoms with Crippen LogP contribution < -0.4 is 10.5 Å². The fourth-order valence-electron chi connectivity index (χ4n) is 2.60. The van der Waals surface area contributed by atoms with Crippen LogP contribution in [0.15, 0.2) is 42.6 Å². The number of pyridine rings is 1. The molecule has 8 heteroatoms. The van der Waals surface area contributed by atoms with Gasteiger partial charge < -0.3 is 10.5 Å². The summed E-state index contributed by atoms with van der Waals surface area (Å²) >= 11 is 6.91. The molecular weight excluding hydrogens is 342 g/mol. The maximum atomic E-state index is 6.34. The van der Waals surface area contributed by atoms with Crippen molar-refractivity contribution in [1.82, 2.24) is 19.7 Å². The molecule has 0 amide bonds. The quantitative estimate of drug-likeness (QED) is 0.546. The molecule has 3 N–H and O–H groups in total. The minimum atomic E-state index is 0.472. The number of hydrogen-bond acceptors (Lipinski definition) is 6. The Balaban J connectivity index is 2.01. The minimum absolute atomic E-state index is 0.472. The summed E-state index contributed by atoms with van der Waals surface area (Å²) in [5.74, 6) is 1.35. The first-order valence-electron chi connectivity index (χ1n) is 7.15. The van der Waals surface area contributed by atoms with Gasteiger partial charge in [0.05, 0.1) is 23.4 Å². The number of aromatic amines is 1. The van der Waals surface area contributed by atoms with E-state index in [-0.39, 0.29) is 0 Å². The highest BCUT2D eigenvalue weighted by atomic mass is 32.1. The number of para-hydroxylation sites is 2. The van der Waals surface area contributed by atoms with Gasteiger partial charge in [-0.15, -0.1) is 11.3 Å². The molecule has 0 bridgehead atoms. The summed E-state index contributed by atoms with van der Waals surface area (Å²) in [6.07, 6.45) is 1.75. The summed E-state index contributed by atoms with van der Waals surface area (Å²) in [6, 6.07) is 11.5. The molecule has 6 nitrogen and oxygen atoms in total. The Labute approximate surface area is 146 Å². The third-order valence-corrected chi connectivity index (χ3v) is 5.11. The normalized spacial score (nSPS) is 11.0. The Hall–Kier alpha value is -2.71. The molecule has 0 unspecified atom stereocenters. The predicted octanol–water partition coefficient (Wildman–Crippen LogP) is 3.80. The number of ether oxygens (including phenoxy) is 1. The van der Waals surface area contributed by atoms with Crippen molar-refractivity contribution in [2.75, 3.05) is 12.8 Å². The summed E-state index contributed by atoms with van der Waals surface area (Å²) in [7, 11) is 1.62. The number of methoxy groups -OCH3 is 1. The van der Waals surface area contributed by atoms with Crippen LogP contribution in [0.1, 0.15) is 0 Å². The average molecular weight is 355 g/mol. The summed E-state index contributed by atoms with van der Waals surface area (Å²) in [4.78, 5) is 6.06. The van der Waals surface area contributed by atoms with Gasteiger partial charge >= 0.3 is 0 Å². The van der Waals surface area contributed by atoms with Crippen molar-refractivity contribution in [1.29, 1.82) is 0 Å². The van der Waals surface area contributed by atoms with E-state index in [1.807, 2.05) is 41.0 Å². The molecule has 0 saturated carbocycles. The van der Waals surface area contributed by atoms with Crippen LogP contribution in [-0.4, -0.2) is 26.9 Å². The van der Waals surface area contributed by atoms with E-state index in [1.165, 1.54) is 11.3 Å². The van der Waals surface area contributed by atoms with E-state index >= 15 is 0 Å². The number of anilines is 1. The zero-order valence-corrected chi connectivity index (χ0v) is 14.3. The van der Waals surface area contributed by atoms with Gasteiger partial charge in [0, 0.05) is 11.6 Å². The highest BCUT2D eigenvalue weighted by Gasteiger charge is 2.20. The first-order chi connectivity index (χ1) is 11.7. The lowest BCUT2D eigenvalue weighted by atomic mass is 10.2. The molecule has 3 heterocycles. The second-order valence-corrected chi connectivity index (χ2v) is 6.45. The van der Waals surface area contributed by atoms with Crippen LogP contribution >= 0.6 is 23.6 Å². The molecule has 0 spiro atoms. The molecule has 0 fully saturated rings. The van der Waals surface area contributed by atoms with E-state index in [0.29, 0.717) is 22.0 Å². The minimum Gasteiger partial charge on any atom is -0.495 e. The first-order valence-corrected chi connectivity index (χ1v) is 8.37. The van der Waals surface area contributed by atoms with Crippen molar-refractivity contribution >= 4 is 39.5 Å². The van der Waals surface area contributed by atoms with Crippen LogP contribution in [0.4, 0.5) is 5.69 Å². The standard InChI is InChI=1S/C16H13N5OS2/c1-22-11-7-3-2-6-10(11)21-14(19-20-16(21)23)13-12(17)9-5-4-8-18-15(9)24-13/h2-8H,17H2,1H3,(H,20,23). The molecule has 4 rings (SSSR count). The van der Waals surface area contributed by atoms with Gasteiger partial charge in [0.15, 0.2) is 10.6 Å². The first kappa shape index (κ1) is 14.9. The monoisotopic (exact) mass is 355 g/mol. The third kappa shape index (κ3) is 2.19. The molecule has 0 radical (unpaired) electrons. The van der Waals surface area contributed by atoms with E-state index < -0.39 is 0 Å². The van der Waals surface area contributed by atoms with E-state index in [1.54, 1.807) is 13.3 Å². The summed E-state index contributed by atoms with van der Waals surface area (Å²) in [5, 5.41) is 8.15. The molecule has 0 aliphatic heterocycles. The number of aromatic nitrogens is 4. The molecule has 3 aromatic heterocycles. The molecule has 120 valence electrons. The maximum Gasteiger partial charge on any atom is 0.200 e. The lowest BCUT2D eigenvalue weighted by molar-refractivity contribution is 0.413. The second kappa shape index (κ2) is 5.73. The van der Waals surface area contributed by atoms with Crippen LogP contribution in [0.5, 0.6) is 5.75 Å². The Morgan fingerprint density at radius 1 is 1.25 bits per heavy atom. The van der Waals surface area contributed by atoms with Crippen molar-refractivity contribution in [3.63, 3.8) is 0 Å². The van der Waals surface area contributed by atoms with Crippen molar-refractivity contribution < 1.29 is 4.74 Å². The van der Waals surface area contributed by atoms with Crippen LogP contribution in [-0.2, 0) is 0 Å². The maximum absolute atomic E-state index is 6.34. The van der Waals surface area contributed by atoms with Gasteiger partial charge in [0.2, 0.25) is 0 Å². The van der Waals surface area contributed by atoms with Crippen molar-refractivity contribution in [2.24, 2.45) is 0 Å². The summed E-state index contributed by atoms with van der Waals surface area (Å²) in [6.45, 7) is 0. The number of thiophene rings is 1. The zero-order chi connectivity index (χ0) is 16.7. The van der Waals surface area contributed by atoms with Crippen LogP contribution in [0.25, 0.3) is 26.6 Å². The van der Waals surface area contributed by atoms with Crippen LogP contribution in [0, 0.1) is 4.77 Å². The van der Waals surface area contributed by atoms with Gasteiger partial charge in [-0.1, -0.05) is 12.1 Å². The van der Waals surface area contributed by atoms with Crippen LogP contribution in [0.3, 0.4) is 0 Å². The lowest BCUT2D eigenvalue weighted by Gasteiger charge is -2.10. The Kier molecular flexibility index (Phi) is 3.55. The summed E-state index contributed by atoms with van der Waals surface area (Å²) in [5.41, 5.74) is 7.79. The van der Waals surface area contributed by atoms with E-state index in [0.717, 1.165) is 20.8 Å². The molecule has 0 atom stereocenters.